The molecule has 1 aliphatic heterocycles. The summed E-state index contributed by atoms with van der Waals surface area (Å²) in [5.41, 5.74) is 0.306. The van der Waals surface area contributed by atoms with Gasteiger partial charge in [-0.2, -0.15) is 5.26 Å². The van der Waals surface area contributed by atoms with Gasteiger partial charge in [0.05, 0.1) is 30.2 Å². The zero-order chi connectivity index (χ0) is 30.2. The van der Waals surface area contributed by atoms with Crippen molar-refractivity contribution in [3.05, 3.63) is 69.2 Å². The maximum atomic E-state index is 15.6. The predicted molar refractivity (Wildman–Crippen MR) is 159 cm³/mol. The molecular weight excluding hydrogens is 569 g/mol. The third-order valence-electron chi connectivity index (χ3n) is 7.48. The lowest BCUT2D eigenvalue weighted by molar-refractivity contribution is -0.125. The Kier molecular flexibility index (Phi) is 12.4. The van der Waals surface area contributed by atoms with E-state index in [0.717, 1.165) is 13.1 Å². The molecule has 41 heavy (non-hydrogen) atoms. The lowest BCUT2D eigenvalue weighted by Crippen LogP contribution is -2.56. The maximum Gasteiger partial charge on any atom is 0.238 e. The fraction of sp³-hybridized carbons (Fsp3) is 0.548. The molecule has 0 aromatic heterocycles. The third kappa shape index (κ3) is 9.90. The van der Waals surface area contributed by atoms with Crippen molar-refractivity contribution in [2.45, 2.75) is 76.9 Å². The summed E-state index contributed by atoms with van der Waals surface area (Å²) >= 11 is 12.2. The Morgan fingerprint density at radius 2 is 1.90 bits per heavy atom. The second-order valence-electron chi connectivity index (χ2n) is 12.0. The Morgan fingerprint density at radius 3 is 2.51 bits per heavy atom. The van der Waals surface area contributed by atoms with Gasteiger partial charge in [0.15, 0.2) is 0 Å². The van der Waals surface area contributed by atoms with Gasteiger partial charge in [0, 0.05) is 42.7 Å². The van der Waals surface area contributed by atoms with Gasteiger partial charge in [-0.3, -0.25) is 4.79 Å². The number of nitrogens with zero attached hydrogens (tertiary/aromatic N) is 2. The van der Waals surface area contributed by atoms with E-state index in [4.69, 9.17) is 23.2 Å². The number of likely N-dealkylation sites (tertiary alicyclic amines) is 1. The van der Waals surface area contributed by atoms with Crippen molar-refractivity contribution in [2.75, 3.05) is 26.2 Å². The number of amides is 1. The quantitative estimate of drug-likeness (QED) is 0.281. The Morgan fingerprint density at radius 1 is 1.20 bits per heavy atom. The Balaban J connectivity index is 2.03. The Bertz CT molecular complexity index is 1210. The van der Waals surface area contributed by atoms with Crippen molar-refractivity contribution in [2.24, 2.45) is 5.41 Å². The molecule has 1 aliphatic rings. The predicted octanol–water partition coefficient (Wildman–Crippen LogP) is 5.85. The topological polar surface area (TPSA) is 88.4 Å². The van der Waals surface area contributed by atoms with Crippen molar-refractivity contribution >= 4 is 29.1 Å². The van der Waals surface area contributed by atoms with Crippen LogP contribution in [0.4, 0.5) is 8.78 Å². The molecule has 0 spiro atoms. The van der Waals surface area contributed by atoms with E-state index in [9.17, 15) is 15.2 Å². The standard InChI is InChI=1S/C31H40Cl2F2N4O2/c1-31(2,3)19-23(9-12-36)37-29(30(41)38-22-10-13-39(14-11-22)15-16-40)25(24-5-4-6-26(33)28(24)35)17-20-7-8-21(32)18-27(20)34/h4-8,18,22-23,25,29,37,40H,9-11,13-17,19H2,1-3H3,(H,38,41). The van der Waals surface area contributed by atoms with E-state index in [1.165, 1.54) is 12.1 Å². The van der Waals surface area contributed by atoms with E-state index in [-0.39, 0.29) is 64.0 Å². The van der Waals surface area contributed by atoms with Crippen LogP contribution < -0.4 is 10.6 Å². The SMILES string of the molecule is CC(C)(C)CC(CC#N)NC(C(=O)NC1CCN(CCO)CC1)C(Cc1ccc(Cl)cc1F)c1cccc(Cl)c1F. The highest BCUT2D eigenvalue weighted by molar-refractivity contribution is 6.31. The lowest BCUT2D eigenvalue weighted by atomic mass is 9.82. The number of carbonyl (C=O) groups is 1. The number of benzene rings is 2. The first-order valence-electron chi connectivity index (χ1n) is 14.1. The first-order chi connectivity index (χ1) is 19.4. The van der Waals surface area contributed by atoms with Crippen LogP contribution in [0.25, 0.3) is 0 Å². The van der Waals surface area contributed by atoms with E-state index >= 15 is 8.78 Å². The largest absolute Gasteiger partial charge is 0.395 e. The summed E-state index contributed by atoms with van der Waals surface area (Å²) in [7, 11) is 0. The van der Waals surface area contributed by atoms with Gasteiger partial charge in [-0.05, 0) is 60.4 Å². The minimum Gasteiger partial charge on any atom is -0.395 e. The first-order valence-corrected chi connectivity index (χ1v) is 14.8. The summed E-state index contributed by atoms with van der Waals surface area (Å²) in [5, 5.41) is 25.5. The van der Waals surface area contributed by atoms with Gasteiger partial charge in [0.2, 0.25) is 5.91 Å². The van der Waals surface area contributed by atoms with E-state index in [1.807, 2.05) is 20.8 Å². The van der Waals surface area contributed by atoms with Crippen LogP contribution in [0.15, 0.2) is 36.4 Å². The van der Waals surface area contributed by atoms with Gasteiger partial charge in [-0.25, -0.2) is 8.78 Å². The summed E-state index contributed by atoms with van der Waals surface area (Å²) in [6.45, 7) is 8.25. The van der Waals surface area contributed by atoms with Gasteiger partial charge in [0.25, 0.3) is 0 Å². The van der Waals surface area contributed by atoms with Crippen molar-refractivity contribution in [3.8, 4) is 6.07 Å². The molecule has 3 rings (SSSR count). The summed E-state index contributed by atoms with van der Waals surface area (Å²) in [6.07, 6.45) is 2.12. The van der Waals surface area contributed by atoms with Crippen LogP contribution in [0.3, 0.4) is 0 Å². The number of aliphatic hydroxyl groups excluding tert-OH is 1. The molecule has 224 valence electrons. The summed E-state index contributed by atoms with van der Waals surface area (Å²) in [5.74, 6) is -2.41. The molecule has 0 bridgehead atoms. The molecule has 0 radical (unpaired) electrons. The number of hydrogen-bond acceptors (Lipinski definition) is 5. The van der Waals surface area contributed by atoms with Crippen molar-refractivity contribution in [3.63, 3.8) is 0 Å². The average molecular weight is 610 g/mol. The molecular formula is C31H40Cl2F2N4O2. The van der Waals surface area contributed by atoms with Gasteiger partial charge in [-0.15, -0.1) is 0 Å². The van der Waals surface area contributed by atoms with E-state index < -0.39 is 23.6 Å². The molecule has 10 heteroatoms. The highest BCUT2D eigenvalue weighted by Gasteiger charge is 2.36. The van der Waals surface area contributed by atoms with Crippen molar-refractivity contribution in [1.82, 2.24) is 15.5 Å². The molecule has 3 atom stereocenters. The molecule has 1 heterocycles. The molecule has 2 aromatic carbocycles. The zero-order valence-electron chi connectivity index (χ0n) is 23.9. The number of rotatable bonds is 12. The zero-order valence-corrected chi connectivity index (χ0v) is 25.4. The molecule has 0 saturated carbocycles. The number of carbonyl (C=O) groups excluding carboxylic acids is 1. The molecule has 1 fully saturated rings. The number of hydrogen-bond donors (Lipinski definition) is 3. The number of halogens is 4. The van der Waals surface area contributed by atoms with E-state index in [1.54, 1.807) is 24.3 Å². The minimum absolute atomic E-state index is 0.00487. The highest BCUT2D eigenvalue weighted by Crippen LogP contribution is 2.33. The Hall–Kier alpha value is -2.28. The van der Waals surface area contributed by atoms with Gasteiger partial charge in [-0.1, -0.05) is 62.2 Å². The minimum atomic E-state index is -0.991. The van der Waals surface area contributed by atoms with E-state index in [2.05, 4.69) is 21.6 Å². The molecule has 3 N–H and O–H groups in total. The van der Waals surface area contributed by atoms with Gasteiger partial charge >= 0.3 is 0 Å². The molecule has 3 unspecified atom stereocenters. The Labute approximate surface area is 252 Å². The van der Waals surface area contributed by atoms with Crippen LogP contribution in [0.2, 0.25) is 10.0 Å². The van der Waals surface area contributed by atoms with Crippen LogP contribution in [-0.4, -0.2) is 60.3 Å². The van der Waals surface area contributed by atoms with Crippen LogP contribution in [0, 0.1) is 28.4 Å². The number of aliphatic hydroxyl groups is 1. The second-order valence-corrected chi connectivity index (χ2v) is 12.8. The van der Waals surface area contributed by atoms with Gasteiger partial charge in [0.1, 0.15) is 11.6 Å². The second kappa shape index (κ2) is 15.3. The highest BCUT2D eigenvalue weighted by atomic mass is 35.5. The smallest absolute Gasteiger partial charge is 0.238 e. The number of β-amino-alcohol motifs (C(OH)–C–C–N with tert-alkyl or cyclic N) is 1. The molecule has 1 saturated heterocycles. The third-order valence-corrected chi connectivity index (χ3v) is 8.01. The number of piperidine rings is 1. The molecule has 0 aliphatic carbocycles. The van der Waals surface area contributed by atoms with Crippen molar-refractivity contribution < 1.29 is 18.7 Å². The van der Waals surface area contributed by atoms with Crippen molar-refractivity contribution in [1.29, 1.82) is 5.26 Å². The maximum absolute atomic E-state index is 15.6. The molecule has 6 nitrogen and oxygen atoms in total. The van der Waals surface area contributed by atoms with Gasteiger partial charge < -0.3 is 20.6 Å². The normalized spacial score (nSPS) is 17.0. The monoisotopic (exact) mass is 608 g/mol. The number of nitrogens with one attached hydrogen (secondary N) is 2. The van der Waals surface area contributed by atoms with E-state index in [0.29, 0.717) is 25.8 Å². The molecule has 1 amide bonds. The first kappa shape index (κ1) is 33.2. The summed E-state index contributed by atoms with van der Waals surface area (Å²) in [4.78, 5) is 16.2. The average Bonchev–Trinajstić information content (AvgIpc) is 2.89. The van der Waals surface area contributed by atoms with Crippen LogP contribution in [0.1, 0.15) is 63.5 Å². The van der Waals surface area contributed by atoms with Crippen LogP contribution in [-0.2, 0) is 11.2 Å². The fourth-order valence-electron chi connectivity index (χ4n) is 5.54. The van der Waals surface area contributed by atoms with Crippen LogP contribution in [0.5, 0.6) is 0 Å². The summed E-state index contributed by atoms with van der Waals surface area (Å²) in [6, 6.07) is 9.64. The fourth-order valence-corrected chi connectivity index (χ4v) is 5.88. The molecule has 2 aromatic rings. The summed E-state index contributed by atoms with van der Waals surface area (Å²) < 4.78 is 30.6. The number of nitriles is 1. The lowest BCUT2D eigenvalue weighted by Gasteiger charge is -2.36. The van der Waals surface area contributed by atoms with Crippen LogP contribution >= 0.6 is 23.2 Å².